The second kappa shape index (κ2) is 12.6. The van der Waals surface area contributed by atoms with E-state index in [1.807, 2.05) is 0 Å². The maximum atomic E-state index is 11.7. The van der Waals surface area contributed by atoms with E-state index < -0.39 is 73.0 Å². The third-order valence-electron chi connectivity index (χ3n) is 4.05. The van der Waals surface area contributed by atoms with Gasteiger partial charge in [-0.05, 0) is 36.4 Å². The second-order valence-corrected chi connectivity index (χ2v) is 10.3. The van der Waals surface area contributed by atoms with Gasteiger partial charge in [0.25, 0.3) is 0 Å². The first kappa shape index (κ1) is 34.9. The van der Waals surface area contributed by atoms with Crippen molar-refractivity contribution < 1.29 is 138 Å². The summed E-state index contributed by atoms with van der Waals surface area (Å²) >= 11 is 0. The van der Waals surface area contributed by atoms with E-state index in [9.17, 15) is 49.1 Å². The average Bonchev–Trinajstić information content (AvgIpc) is 2.64. The number of aromatic hydroxyl groups is 2. The summed E-state index contributed by atoms with van der Waals surface area (Å²) in [5, 5.41) is 26.2. The normalized spacial score (nSPS) is 12.0. The third kappa shape index (κ3) is 8.17. The van der Waals surface area contributed by atoms with Crippen LogP contribution in [-0.2, 0) is 30.4 Å². The smallest absolute Gasteiger partial charge is 0.744 e. The van der Waals surface area contributed by atoms with Crippen molar-refractivity contribution in [3.63, 3.8) is 0 Å². The fourth-order valence-corrected chi connectivity index (χ4v) is 4.31. The molecule has 0 radical (unpaired) electrons. The molecule has 0 aliphatic carbocycles. The van der Waals surface area contributed by atoms with Gasteiger partial charge in [-0.3, -0.25) is 0 Å². The van der Waals surface area contributed by atoms with Gasteiger partial charge in [-0.25, -0.2) is 25.3 Å². The molecule has 0 aromatic heterocycles. The quantitative estimate of drug-likeness (QED) is 0.166. The first-order valence-corrected chi connectivity index (χ1v) is 12.2. The number of hydrogen-bond donors (Lipinski definition) is 2. The second-order valence-electron chi connectivity index (χ2n) is 6.16. The number of benzene rings is 3. The molecule has 3 aromatic rings. The Kier molecular flexibility index (Phi) is 12.5. The summed E-state index contributed by atoms with van der Waals surface area (Å²) in [5.74, 6) is -1.85. The van der Waals surface area contributed by atoms with Crippen LogP contribution in [0, 0.1) is 0 Å². The largest absolute Gasteiger partial charge is 1.00 e. The molecule has 0 amide bonds. The predicted molar refractivity (Wildman–Crippen MR) is 102 cm³/mol. The van der Waals surface area contributed by atoms with Gasteiger partial charge in [-0.15, -0.1) is 5.11 Å². The molecule has 0 spiro atoms. The summed E-state index contributed by atoms with van der Waals surface area (Å²) in [7, 11) is -15.2. The minimum absolute atomic E-state index is 0. The fraction of sp³-hybridized carbons (Fsp3) is 0. The molecule has 35 heavy (non-hydrogen) atoms. The maximum absolute atomic E-state index is 11.7. The van der Waals surface area contributed by atoms with E-state index in [0.717, 1.165) is 24.3 Å². The van der Waals surface area contributed by atoms with Crippen molar-refractivity contribution >= 4 is 52.5 Å². The molecule has 3 rings (SSSR count). The van der Waals surface area contributed by atoms with E-state index in [-0.39, 0.29) is 94.4 Å². The summed E-state index contributed by atoms with van der Waals surface area (Å²) < 4.78 is 102. The number of nitrogens with zero attached hydrogens (tertiary/aromatic N) is 2. The van der Waals surface area contributed by atoms with E-state index in [0.29, 0.717) is 18.2 Å². The van der Waals surface area contributed by atoms with Gasteiger partial charge in [-0.1, -0.05) is 0 Å². The number of phenols is 2. The molecule has 2 N–H and O–H groups in total. The van der Waals surface area contributed by atoms with Crippen molar-refractivity contribution in [3.8, 4) is 11.5 Å². The molecular weight excluding hydrogens is 561 g/mol. The van der Waals surface area contributed by atoms with Gasteiger partial charge in [0.1, 0.15) is 47.5 Å². The summed E-state index contributed by atoms with van der Waals surface area (Å²) in [5.41, 5.74) is -0.932. The van der Waals surface area contributed by atoms with Crippen LogP contribution in [0.4, 0.5) is 11.4 Å². The van der Waals surface area contributed by atoms with Crippen LogP contribution < -0.4 is 88.7 Å². The molecule has 19 heteroatoms. The van der Waals surface area contributed by atoms with Gasteiger partial charge >= 0.3 is 88.7 Å². The first-order valence-electron chi connectivity index (χ1n) is 8.01. The molecule has 0 fully saturated rings. The molecule has 0 saturated carbocycles. The van der Waals surface area contributed by atoms with Crippen molar-refractivity contribution in [3.05, 3.63) is 42.5 Å². The van der Waals surface area contributed by atoms with Crippen LogP contribution in [0.5, 0.6) is 11.5 Å². The van der Waals surface area contributed by atoms with Gasteiger partial charge in [0, 0.05) is 11.5 Å². The van der Waals surface area contributed by atoms with E-state index in [1.165, 1.54) is 0 Å². The minimum atomic E-state index is -5.33. The van der Waals surface area contributed by atoms with Crippen LogP contribution in [0.3, 0.4) is 0 Å². The topological polar surface area (TPSA) is 237 Å². The monoisotopic (exact) mass is 570 g/mol. The number of phenolic OH excluding ortho intramolecular Hbond substituents is 2. The van der Waals surface area contributed by atoms with Crippen LogP contribution in [-0.4, -0.2) is 49.1 Å². The maximum Gasteiger partial charge on any atom is 1.00 e. The van der Waals surface area contributed by atoms with Crippen molar-refractivity contribution in [2.24, 2.45) is 10.2 Å². The van der Waals surface area contributed by atoms with E-state index in [4.69, 9.17) is 0 Å². The van der Waals surface area contributed by atoms with Crippen LogP contribution in [0.15, 0.2) is 67.4 Å². The molecule has 170 valence electrons. The third-order valence-corrected chi connectivity index (χ3v) is 6.56. The molecule has 0 heterocycles. The zero-order valence-electron chi connectivity index (χ0n) is 18.2. The van der Waals surface area contributed by atoms with Crippen molar-refractivity contribution in [2.45, 2.75) is 14.7 Å². The van der Waals surface area contributed by atoms with Gasteiger partial charge in [-0.2, -0.15) is 5.11 Å². The molecule has 3 aromatic carbocycles. The Morgan fingerprint density at radius 1 is 0.629 bits per heavy atom. The average molecular weight is 570 g/mol. The zero-order valence-corrected chi connectivity index (χ0v) is 26.7. The first-order chi connectivity index (χ1) is 14.6. The molecule has 0 aliphatic heterocycles. The molecule has 0 bridgehead atoms. The number of hydrogen-bond acceptors (Lipinski definition) is 13. The summed E-state index contributed by atoms with van der Waals surface area (Å²) in [6.45, 7) is 0. The van der Waals surface area contributed by atoms with Gasteiger partial charge in [0.15, 0.2) is 0 Å². The summed E-state index contributed by atoms with van der Waals surface area (Å²) in [4.78, 5) is -2.75. The minimum Gasteiger partial charge on any atom is -0.744 e. The molecule has 13 nitrogen and oxygen atoms in total. The Balaban J connectivity index is 0.00000385. The zero-order chi connectivity index (χ0) is 24.1. The number of fused-ring (bicyclic) bond motifs is 1. The molecule has 0 atom stereocenters. The van der Waals surface area contributed by atoms with Crippen LogP contribution >= 0.6 is 0 Å². The molecular formula is C16H9N2Na3O11S3. The SMILES string of the molecule is O=S(=O)([O-])c1ccc(N=Nc2c(S(=O)(=O)[O-])cc(O)c3c(O)cc(S(=O)(=O)[O-])cc23)cc1.[Na+].[Na+].[Na+]. The van der Waals surface area contributed by atoms with Crippen molar-refractivity contribution in [1.29, 1.82) is 0 Å². The standard InChI is InChI=1S/C16H12N2O11S3.3Na/c19-12-6-10(31(24,25)26)5-11-15(12)13(20)7-14(32(27,28)29)16(11)18-17-8-1-3-9(4-2-8)30(21,22)23;;;/h1-7,19-20H,(H,21,22,23)(H,24,25,26)(H,27,28,29);;;/q;3*+1/p-3. The van der Waals surface area contributed by atoms with Crippen LogP contribution in [0.1, 0.15) is 0 Å². The Morgan fingerprint density at radius 3 is 1.57 bits per heavy atom. The summed E-state index contributed by atoms with van der Waals surface area (Å²) in [6, 6.07) is 5.36. The Labute approximate surface area is 265 Å². The molecule has 0 aliphatic rings. The van der Waals surface area contributed by atoms with E-state index in [2.05, 4.69) is 10.2 Å². The van der Waals surface area contributed by atoms with Gasteiger partial charge in [0.05, 0.1) is 25.8 Å². The Bertz CT molecular complexity index is 1600. The number of rotatable bonds is 5. The predicted octanol–water partition coefficient (Wildman–Crippen LogP) is -7.61. The number of azo groups is 1. The van der Waals surface area contributed by atoms with E-state index in [1.54, 1.807) is 0 Å². The van der Waals surface area contributed by atoms with Crippen molar-refractivity contribution in [1.82, 2.24) is 0 Å². The molecule has 0 unspecified atom stereocenters. The Morgan fingerprint density at radius 2 is 1.11 bits per heavy atom. The van der Waals surface area contributed by atoms with Crippen LogP contribution in [0.25, 0.3) is 10.8 Å². The Hall–Kier alpha value is -0.150. The fourth-order valence-electron chi connectivity index (χ4n) is 2.68. The van der Waals surface area contributed by atoms with Gasteiger partial charge in [0.2, 0.25) is 0 Å². The van der Waals surface area contributed by atoms with Crippen LogP contribution in [0.2, 0.25) is 0 Å². The van der Waals surface area contributed by atoms with E-state index >= 15 is 0 Å². The van der Waals surface area contributed by atoms with Crippen molar-refractivity contribution in [2.75, 3.05) is 0 Å². The summed E-state index contributed by atoms with van der Waals surface area (Å²) in [6.07, 6.45) is 0. The van der Waals surface area contributed by atoms with Gasteiger partial charge < -0.3 is 23.9 Å². The molecule has 0 saturated heterocycles.